The van der Waals surface area contributed by atoms with Crippen LogP contribution in [0.25, 0.3) is 0 Å². The molecule has 0 fully saturated rings. The molecule has 1 rings (SSSR count). The van der Waals surface area contributed by atoms with Crippen molar-refractivity contribution in [1.29, 1.82) is 0 Å². The van der Waals surface area contributed by atoms with E-state index in [1.165, 1.54) is 5.69 Å². The number of amides is 1. The minimum absolute atomic E-state index is 0.429. The van der Waals surface area contributed by atoms with Crippen LogP contribution in [-0.4, -0.2) is 53.1 Å². The van der Waals surface area contributed by atoms with Gasteiger partial charge in [-0.2, -0.15) is 5.10 Å². The molecule has 0 saturated heterocycles. The van der Waals surface area contributed by atoms with E-state index in [9.17, 15) is 4.79 Å². The molecule has 0 unspecified atom stereocenters. The van der Waals surface area contributed by atoms with Crippen molar-refractivity contribution in [3.8, 4) is 0 Å². The van der Waals surface area contributed by atoms with E-state index in [1.807, 2.05) is 46.2 Å². The molecule has 0 saturated carbocycles. The number of nitrogens with one attached hydrogen (secondary N) is 3. The van der Waals surface area contributed by atoms with Gasteiger partial charge in [-0.05, 0) is 61.0 Å². The van der Waals surface area contributed by atoms with Crippen molar-refractivity contribution in [3.63, 3.8) is 0 Å². The standard InChI is InChI=1S/C19H36N6O2/c1-14-12-15(2)25(24-14)11-9-10-21-16(20-8)22-13-19(6,7)23-17(26)27-18(3,4)5/h12H,9-11,13H2,1-8H3,(H,23,26)(H2,20,21,22). The number of aromatic nitrogens is 2. The summed E-state index contributed by atoms with van der Waals surface area (Å²) in [6, 6.07) is 2.08. The number of aryl methyl sites for hydroxylation is 3. The second-order valence-corrected chi connectivity index (χ2v) is 8.37. The Morgan fingerprint density at radius 3 is 2.41 bits per heavy atom. The van der Waals surface area contributed by atoms with Crippen LogP contribution in [0.3, 0.4) is 0 Å². The number of aliphatic imine (C=N–C) groups is 1. The Bertz CT molecular complexity index is 643. The largest absolute Gasteiger partial charge is 0.444 e. The predicted octanol–water partition coefficient (Wildman–Crippen LogP) is 2.36. The second kappa shape index (κ2) is 9.62. The molecule has 154 valence electrons. The number of ether oxygens (including phenoxy) is 1. The highest BCUT2D eigenvalue weighted by atomic mass is 16.6. The van der Waals surface area contributed by atoms with Crippen LogP contribution in [0.15, 0.2) is 11.1 Å². The zero-order valence-electron chi connectivity index (χ0n) is 18.1. The molecular weight excluding hydrogens is 344 g/mol. The minimum Gasteiger partial charge on any atom is -0.444 e. The molecule has 1 aromatic rings. The normalized spacial score (nSPS) is 12.7. The quantitative estimate of drug-likeness (QED) is 0.384. The van der Waals surface area contributed by atoms with Crippen molar-refractivity contribution in [2.45, 2.75) is 72.6 Å². The monoisotopic (exact) mass is 380 g/mol. The summed E-state index contributed by atoms with van der Waals surface area (Å²) in [5.41, 5.74) is 1.21. The fourth-order valence-electron chi connectivity index (χ4n) is 2.49. The smallest absolute Gasteiger partial charge is 0.408 e. The number of alkyl carbamates (subject to hydrolysis) is 1. The topological polar surface area (TPSA) is 92.6 Å². The van der Waals surface area contributed by atoms with Gasteiger partial charge in [0.05, 0.1) is 11.2 Å². The van der Waals surface area contributed by atoms with Gasteiger partial charge in [-0.15, -0.1) is 0 Å². The average molecular weight is 381 g/mol. The molecule has 0 bridgehead atoms. The first kappa shape index (κ1) is 22.8. The summed E-state index contributed by atoms with van der Waals surface area (Å²) in [6.45, 7) is 15.6. The van der Waals surface area contributed by atoms with Gasteiger partial charge < -0.3 is 20.7 Å². The maximum atomic E-state index is 11.9. The molecule has 0 aliphatic rings. The molecule has 8 heteroatoms. The Kier molecular flexibility index (Phi) is 8.12. The number of hydrogen-bond acceptors (Lipinski definition) is 4. The Balaban J connectivity index is 2.36. The molecule has 1 amide bonds. The van der Waals surface area contributed by atoms with E-state index in [0.717, 1.165) is 25.2 Å². The zero-order valence-corrected chi connectivity index (χ0v) is 18.1. The van der Waals surface area contributed by atoms with Crippen LogP contribution in [0, 0.1) is 13.8 Å². The number of guanidine groups is 1. The lowest BCUT2D eigenvalue weighted by molar-refractivity contribution is 0.0474. The number of nitrogens with zero attached hydrogens (tertiary/aromatic N) is 3. The lowest BCUT2D eigenvalue weighted by atomic mass is 10.1. The summed E-state index contributed by atoms with van der Waals surface area (Å²) >= 11 is 0. The molecule has 0 spiro atoms. The molecule has 3 N–H and O–H groups in total. The van der Waals surface area contributed by atoms with Gasteiger partial charge in [0.15, 0.2) is 5.96 Å². The van der Waals surface area contributed by atoms with E-state index in [0.29, 0.717) is 12.5 Å². The van der Waals surface area contributed by atoms with Crippen molar-refractivity contribution >= 4 is 12.1 Å². The molecule has 1 aromatic heterocycles. The summed E-state index contributed by atoms with van der Waals surface area (Å²) < 4.78 is 7.32. The van der Waals surface area contributed by atoms with Crippen molar-refractivity contribution in [2.75, 3.05) is 20.1 Å². The van der Waals surface area contributed by atoms with Crippen molar-refractivity contribution in [3.05, 3.63) is 17.5 Å². The molecule has 0 aliphatic heterocycles. The van der Waals surface area contributed by atoms with Gasteiger partial charge in [0, 0.05) is 32.4 Å². The Morgan fingerprint density at radius 1 is 1.22 bits per heavy atom. The summed E-state index contributed by atoms with van der Waals surface area (Å²) in [5, 5.41) is 13.9. The average Bonchev–Trinajstić information content (AvgIpc) is 2.81. The molecular formula is C19H36N6O2. The third kappa shape index (κ3) is 9.30. The summed E-state index contributed by atoms with van der Waals surface area (Å²) in [4.78, 5) is 16.2. The lowest BCUT2D eigenvalue weighted by Gasteiger charge is -2.29. The molecule has 27 heavy (non-hydrogen) atoms. The Labute approximate surface area is 163 Å². The number of carbonyl (C=O) groups is 1. The number of hydrogen-bond donors (Lipinski definition) is 3. The van der Waals surface area contributed by atoms with Crippen LogP contribution in [0.1, 0.15) is 52.4 Å². The third-order valence-electron chi connectivity index (χ3n) is 3.70. The first-order chi connectivity index (χ1) is 12.4. The first-order valence-corrected chi connectivity index (χ1v) is 9.38. The maximum absolute atomic E-state index is 11.9. The van der Waals surface area contributed by atoms with E-state index >= 15 is 0 Å². The highest BCUT2D eigenvalue weighted by molar-refractivity contribution is 5.79. The van der Waals surface area contributed by atoms with Gasteiger partial charge in [0.2, 0.25) is 0 Å². The maximum Gasteiger partial charge on any atom is 0.408 e. The molecule has 0 aromatic carbocycles. The molecule has 8 nitrogen and oxygen atoms in total. The van der Waals surface area contributed by atoms with Crippen molar-refractivity contribution in [2.24, 2.45) is 4.99 Å². The fraction of sp³-hybridized carbons (Fsp3) is 0.737. The zero-order chi connectivity index (χ0) is 20.7. The molecule has 1 heterocycles. The molecule has 0 radical (unpaired) electrons. The van der Waals surface area contributed by atoms with Gasteiger partial charge in [0.1, 0.15) is 5.60 Å². The van der Waals surface area contributed by atoms with E-state index in [1.54, 1.807) is 7.05 Å². The van der Waals surface area contributed by atoms with Gasteiger partial charge in [-0.1, -0.05) is 0 Å². The minimum atomic E-state index is -0.517. The van der Waals surface area contributed by atoms with Gasteiger partial charge in [-0.3, -0.25) is 9.67 Å². The predicted molar refractivity (Wildman–Crippen MR) is 109 cm³/mol. The van der Waals surface area contributed by atoms with Crippen LogP contribution in [0.2, 0.25) is 0 Å². The van der Waals surface area contributed by atoms with E-state index in [2.05, 4.69) is 39.0 Å². The fourth-order valence-corrected chi connectivity index (χ4v) is 2.49. The van der Waals surface area contributed by atoms with Crippen LogP contribution in [0.4, 0.5) is 4.79 Å². The number of rotatable bonds is 7. The highest BCUT2D eigenvalue weighted by Gasteiger charge is 2.24. The van der Waals surface area contributed by atoms with Gasteiger partial charge in [0.25, 0.3) is 0 Å². The van der Waals surface area contributed by atoms with Gasteiger partial charge in [-0.25, -0.2) is 4.79 Å². The van der Waals surface area contributed by atoms with E-state index < -0.39 is 17.2 Å². The summed E-state index contributed by atoms with van der Waals surface area (Å²) in [5.74, 6) is 0.697. The van der Waals surface area contributed by atoms with Crippen LogP contribution < -0.4 is 16.0 Å². The Morgan fingerprint density at radius 2 is 1.89 bits per heavy atom. The lowest BCUT2D eigenvalue weighted by Crippen LogP contribution is -2.54. The molecule has 0 atom stereocenters. The van der Waals surface area contributed by atoms with Crippen molar-refractivity contribution < 1.29 is 9.53 Å². The third-order valence-corrected chi connectivity index (χ3v) is 3.70. The molecule has 0 aliphatic carbocycles. The van der Waals surface area contributed by atoms with Crippen LogP contribution in [0.5, 0.6) is 0 Å². The summed E-state index contributed by atoms with van der Waals surface area (Å²) in [7, 11) is 1.73. The van der Waals surface area contributed by atoms with Gasteiger partial charge >= 0.3 is 6.09 Å². The second-order valence-electron chi connectivity index (χ2n) is 8.37. The van der Waals surface area contributed by atoms with Crippen LogP contribution >= 0.6 is 0 Å². The highest BCUT2D eigenvalue weighted by Crippen LogP contribution is 2.09. The van der Waals surface area contributed by atoms with E-state index in [-0.39, 0.29) is 0 Å². The van der Waals surface area contributed by atoms with Crippen LogP contribution in [-0.2, 0) is 11.3 Å². The number of carbonyl (C=O) groups excluding carboxylic acids is 1. The van der Waals surface area contributed by atoms with E-state index in [4.69, 9.17) is 4.74 Å². The first-order valence-electron chi connectivity index (χ1n) is 9.38. The summed E-state index contributed by atoms with van der Waals surface area (Å²) in [6.07, 6.45) is 0.504. The Hall–Kier alpha value is -2.25. The SMILES string of the molecule is CN=C(NCCCn1nc(C)cc1C)NCC(C)(C)NC(=O)OC(C)(C)C. The van der Waals surface area contributed by atoms with Crippen molar-refractivity contribution in [1.82, 2.24) is 25.7 Å².